The van der Waals surface area contributed by atoms with E-state index < -0.39 is 0 Å². The number of hydrogen-bond donors (Lipinski definition) is 2. The van der Waals surface area contributed by atoms with E-state index in [0.29, 0.717) is 6.61 Å². The average Bonchev–Trinajstić information content (AvgIpc) is 2.42. The van der Waals surface area contributed by atoms with E-state index in [0.717, 1.165) is 50.0 Å². The normalized spacial score (nSPS) is 12.4. The van der Waals surface area contributed by atoms with Crippen LogP contribution in [0.15, 0.2) is 24.3 Å². The molecule has 0 aromatic heterocycles. The number of aliphatic hydroxyl groups is 1. The van der Waals surface area contributed by atoms with Crippen LogP contribution in [0.1, 0.15) is 50.6 Å². The zero-order chi connectivity index (χ0) is 13.2. The number of nitrogens with two attached hydrogens (primary N) is 1. The molecule has 3 heteroatoms. The van der Waals surface area contributed by atoms with Crippen LogP contribution in [-0.4, -0.2) is 18.3 Å². The van der Waals surface area contributed by atoms with Crippen molar-refractivity contribution in [2.45, 2.75) is 45.1 Å². The second-order valence-electron chi connectivity index (χ2n) is 4.57. The molecule has 1 aromatic rings. The van der Waals surface area contributed by atoms with Crippen molar-refractivity contribution in [3.63, 3.8) is 0 Å². The smallest absolute Gasteiger partial charge is 0.119 e. The Kier molecular flexibility index (Phi) is 7.46. The summed E-state index contributed by atoms with van der Waals surface area (Å²) in [6.45, 7) is 3.12. The lowest BCUT2D eigenvalue weighted by molar-refractivity contribution is 0.273. The molecule has 0 radical (unpaired) electrons. The molecule has 0 bridgehead atoms. The standard InChI is InChI=1S/C15H25NO2/c1-2-15(16)13-7-9-14(10-8-13)18-12-6-4-3-5-11-17/h7-10,15,17H,2-6,11-12,16H2,1H3/t15-/m1/s1. The van der Waals surface area contributed by atoms with Gasteiger partial charge in [0.2, 0.25) is 0 Å². The molecular weight excluding hydrogens is 226 g/mol. The maximum absolute atomic E-state index is 8.65. The molecule has 0 saturated carbocycles. The van der Waals surface area contributed by atoms with Crippen molar-refractivity contribution in [2.24, 2.45) is 5.73 Å². The molecule has 0 fully saturated rings. The SMILES string of the molecule is CC[C@@H](N)c1ccc(OCCCCCCO)cc1. The van der Waals surface area contributed by atoms with E-state index in [1.54, 1.807) is 0 Å². The van der Waals surface area contributed by atoms with Crippen LogP contribution in [0.25, 0.3) is 0 Å². The summed E-state index contributed by atoms with van der Waals surface area (Å²) in [4.78, 5) is 0. The van der Waals surface area contributed by atoms with Gasteiger partial charge in [0.1, 0.15) is 5.75 Å². The number of rotatable bonds is 9. The van der Waals surface area contributed by atoms with Gasteiger partial charge in [-0.1, -0.05) is 25.5 Å². The third-order valence-corrected chi connectivity index (χ3v) is 3.07. The van der Waals surface area contributed by atoms with Gasteiger partial charge in [-0.2, -0.15) is 0 Å². The Morgan fingerprint density at radius 3 is 2.39 bits per heavy atom. The van der Waals surface area contributed by atoms with E-state index >= 15 is 0 Å². The maximum Gasteiger partial charge on any atom is 0.119 e. The number of ether oxygens (including phenoxy) is 1. The molecule has 1 atom stereocenters. The predicted molar refractivity (Wildman–Crippen MR) is 74.7 cm³/mol. The minimum Gasteiger partial charge on any atom is -0.494 e. The Morgan fingerprint density at radius 2 is 1.78 bits per heavy atom. The summed E-state index contributed by atoms with van der Waals surface area (Å²) in [6, 6.07) is 8.17. The van der Waals surface area contributed by atoms with Gasteiger partial charge in [-0.25, -0.2) is 0 Å². The van der Waals surface area contributed by atoms with E-state index in [1.807, 2.05) is 24.3 Å². The van der Waals surface area contributed by atoms with E-state index in [4.69, 9.17) is 15.6 Å². The van der Waals surface area contributed by atoms with Gasteiger partial charge in [-0.15, -0.1) is 0 Å². The van der Waals surface area contributed by atoms with E-state index in [1.165, 1.54) is 0 Å². The zero-order valence-corrected chi connectivity index (χ0v) is 11.3. The van der Waals surface area contributed by atoms with Gasteiger partial charge < -0.3 is 15.6 Å². The van der Waals surface area contributed by atoms with Gasteiger partial charge in [0.25, 0.3) is 0 Å². The molecule has 0 amide bonds. The molecule has 0 aliphatic rings. The van der Waals surface area contributed by atoms with E-state index in [-0.39, 0.29) is 6.04 Å². The van der Waals surface area contributed by atoms with Crippen LogP contribution < -0.4 is 10.5 Å². The monoisotopic (exact) mass is 251 g/mol. The Morgan fingerprint density at radius 1 is 1.11 bits per heavy atom. The highest BCUT2D eigenvalue weighted by atomic mass is 16.5. The molecule has 0 unspecified atom stereocenters. The number of unbranched alkanes of at least 4 members (excludes halogenated alkanes) is 3. The molecule has 3 nitrogen and oxygen atoms in total. The van der Waals surface area contributed by atoms with Crippen molar-refractivity contribution in [2.75, 3.05) is 13.2 Å². The van der Waals surface area contributed by atoms with Gasteiger partial charge in [0.15, 0.2) is 0 Å². The van der Waals surface area contributed by atoms with Crippen LogP contribution in [-0.2, 0) is 0 Å². The van der Waals surface area contributed by atoms with Crippen molar-refractivity contribution in [1.29, 1.82) is 0 Å². The molecule has 0 aliphatic heterocycles. The van der Waals surface area contributed by atoms with Crippen LogP contribution in [0.2, 0.25) is 0 Å². The quantitative estimate of drug-likeness (QED) is 0.663. The molecular formula is C15H25NO2. The highest BCUT2D eigenvalue weighted by molar-refractivity contribution is 5.28. The third kappa shape index (κ3) is 5.52. The molecule has 0 saturated heterocycles. The largest absolute Gasteiger partial charge is 0.494 e. The van der Waals surface area contributed by atoms with Crippen LogP contribution in [0.5, 0.6) is 5.75 Å². The number of benzene rings is 1. The fraction of sp³-hybridized carbons (Fsp3) is 0.600. The Labute approximate surface area is 110 Å². The van der Waals surface area contributed by atoms with Crippen molar-refractivity contribution in [1.82, 2.24) is 0 Å². The molecule has 1 rings (SSSR count). The van der Waals surface area contributed by atoms with Gasteiger partial charge in [0, 0.05) is 12.6 Å². The second-order valence-corrected chi connectivity index (χ2v) is 4.57. The Bertz CT molecular complexity index is 311. The summed E-state index contributed by atoms with van der Waals surface area (Å²) >= 11 is 0. The van der Waals surface area contributed by atoms with E-state index in [9.17, 15) is 0 Å². The predicted octanol–water partition coefficient (Wildman–Crippen LogP) is 3.03. The Hall–Kier alpha value is -1.06. The average molecular weight is 251 g/mol. The molecule has 18 heavy (non-hydrogen) atoms. The number of aliphatic hydroxyl groups excluding tert-OH is 1. The van der Waals surface area contributed by atoms with Crippen molar-refractivity contribution >= 4 is 0 Å². The third-order valence-electron chi connectivity index (χ3n) is 3.07. The first-order valence-corrected chi connectivity index (χ1v) is 6.87. The molecule has 102 valence electrons. The summed E-state index contributed by atoms with van der Waals surface area (Å²) in [5, 5.41) is 8.65. The van der Waals surface area contributed by atoms with Crippen molar-refractivity contribution < 1.29 is 9.84 Å². The topological polar surface area (TPSA) is 55.5 Å². The molecule has 3 N–H and O–H groups in total. The Balaban J connectivity index is 2.22. The van der Waals surface area contributed by atoms with Gasteiger partial charge in [0.05, 0.1) is 6.61 Å². The lowest BCUT2D eigenvalue weighted by Gasteiger charge is -2.10. The van der Waals surface area contributed by atoms with Gasteiger partial charge in [-0.3, -0.25) is 0 Å². The molecule has 0 heterocycles. The van der Waals surface area contributed by atoms with Gasteiger partial charge >= 0.3 is 0 Å². The van der Waals surface area contributed by atoms with E-state index in [2.05, 4.69) is 6.92 Å². The van der Waals surface area contributed by atoms with Gasteiger partial charge in [-0.05, 0) is 43.4 Å². The van der Waals surface area contributed by atoms with Crippen molar-refractivity contribution in [3.8, 4) is 5.75 Å². The number of hydrogen-bond acceptors (Lipinski definition) is 3. The highest BCUT2D eigenvalue weighted by Gasteiger charge is 2.02. The molecule has 0 aliphatic carbocycles. The minimum absolute atomic E-state index is 0.123. The summed E-state index contributed by atoms with van der Waals surface area (Å²) in [7, 11) is 0. The summed E-state index contributed by atoms with van der Waals surface area (Å²) in [6.07, 6.45) is 5.06. The fourth-order valence-electron chi connectivity index (χ4n) is 1.80. The van der Waals surface area contributed by atoms with Crippen LogP contribution in [0.3, 0.4) is 0 Å². The summed E-state index contributed by atoms with van der Waals surface area (Å²) in [5.41, 5.74) is 7.11. The second kappa shape index (κ2) is 8.95. The lowest BCUT2D eigenvalue weighted by atomic mass is 10.1. The first-order chi connectivity index (χ1) is 8.77. The maximum atomic E-state index is 8.65. The summed E-state index contributed by atoms with van der Waals surface area (Å²) in [5.74, 6) is 0.907. The zero-order valence-electron chi connectivity index (χ0n) is 11.3. The van der Waals surface area contributed by atoms with Crippen LogP contribution in [0, 0.1) is 0 Å². The van der Waals surface area contributed by atoms with Crippen LogP contribution >= 0.6 is 0 Å². The fourth-order valence-corrected chi connectivity index (χ4v) is 1.80. The lowest BCUT2D eigenvalue weighted by Crippen LogP contribution is -2.08. The van der Waals surface area contributed by atoms with Crippen LogP contribution in [0.4, 0.5) is 0 Å². The first kappa shape index (κ1) is 15.0. The molecule has 0 spiro atoms. The minimum atomic E-state index is 0.123. The van der Waals surface area contributed by atoms with Crippen molar-refractivity contribution in [3.05, 3.63) is 29.8 Å². The first-order valence-electron chi connectivity index (χ1n) is 6.87. The summed E-state index contributed by atoms with van der Waals surface area (Å²) < 4.78 is 5.65. The molecule has 1 aromatic carbocycles. The highest BCUT2D eigenvalue weighted by Crippen LogP contribution is 2.18.